The van der Waals surface area contributed by atoms with Crippen LogP contribution in [0.15, 0.2) is 0 Å². The molecule has 1 heterocycles. The summed E-state index contributed by atoms with van der Waals surface area (Å²) in [6.45, 7) is 6.60. The minimum absolute atomic E-state index is 0.226. The first-order valence-electron chi connectivity index (χ1n) is 6.76. The van der Waals surface area contributed by atoms with Gasteiger partial charge >= 0.3 is 5.97 Å². The van der Waals surface area contributed by atoms with Gasteiger partial charge in [0.15, 0.2) is 6.29 Å². The molecule has 2 N–H and O–H groups in total. The largest absolute Gasteiger partial charge is 0.481 e. The Hall–Kier alpha value is -0.650. The Balaban J connectivity index is 2.35. The molecule has 0 aromatic rings. The smallest absolute Gasteiger partial charge is 0.308 e. The first-order valence-corrected chi connectivity index (χ1v) is 6.76. The van der Waals surface area contributed by atoms with Crippen molar-refractivity contribution in [1.82, 2.24) is 5.48 Å². The van der Waals surface area contributed by atoms with E-state index in [4.69, 9.17) is 9.57 Å². The molecule has 0 bridgehead atoms. The van der Waals surface area contributed by atoms with Crippen LogP contribution in [0.4, 0.5) is 0 Å². The fourth-order valence-electron chi connectivity index (χ4n) is 2.10. The number of hydrogen-bond acceptors (Lipinski definition) is 4. The highest BCUT2D eigenvalue weighted by atomic mass is 16.8. The van der Waals surface area contributed by atoms with Gasteiger partial charge in [0.25, 0.3) is 0 Å². The minimum atomic E-state index is -0.781. The molecule has 0 radical (unpaired) electrons. The maximum atomic E-state index is 11.2. The molecule has 0 spiro atoms. The molecule has 0 amide bonds. The Labute approximate surface area is 109 Å². The molecule has 18 heavy (non-hydrogen) atoms. The first-order chi connectivity index (χ1) is 8.50. The Morgan fingerprint density at radius 1 is 1.44 bits per heavy atom. The molecule has 1 fully saturated rings. The molecule has 1 saturated heterocycles. The van der Waals surface area contributed by atoms with Crippen molar-refractivity contribution in [1.29, 1.82) is 0 Å². The lowest BCUT2D eigenvalue weighted by Crippen LogP contribution is -2.41. The van der Waals surface area contributed by atoms with Crippen molar-refractivity contribution in [3.8, 4) is 0 Å². The lowest BCUT2D eigenvalue weighted by atomic mass is 9.92. The predicted molar refractivity (Wildman–Crippen MR) is 67.9 cm³/mol. The maximum absolute atomic E-state index is 11.2. The zero-order valence-electron chi connectivity index (χ0n) is 11.5. The molecule has 0 aromatic carbocycles. The number of carboxylic acids is 1. The number of aliphatic carboxylic acids is 1. The van der Waals surface area contributed by atoms with Gasteiger partial charge in [-0.05, 0) is 32.1 Å². The maximum Gasteiger partial charge on any atom is 0.308 e. The molecule has 1 rings (SSSR count). The highest BCUT2D eigenvalue weighted by molar-refractivity contribution is 5.70. The molecule has 1 aliphatic heterocycles. The third kappa shape index (κ3) is 5.33. The zero-order chi connectivity index (χ0) is 13.5. The van der Waals surface area contributed by atoms with Crippen molar-refractivity contribution >= 4 is 5.97 Å². The number of carboxylic acid groups (broad SMARTS) is 1. The van der Waals surface area contributed by atoms with Gasteiger partial charge in [-0.25, -0.2) is 0 Å². The van der Waals surface area contributed by atoms with E-state index in [9.17, 15) is 9.90 Å². The van der Waals surface area contributed by atoms with Gasteiger partial charge in [0.05, 0.1) is 5.92 Å². The summed E-state index contributed by atoms with van der Waals surface area (Å²) in [7, 11) is 0. The summed E-state index contributed by atoms with van der Waals surface area (Å²) in [6.07, 6.45) is 3.42. The second kappa shape index (κ2) is 7.71. The van der Waals surface area contributed by atoms with E-state index in [0.717, 1.165) is 25.9 Å². The van der Waals surface area contributed by atoms with Gasteiger partial charge in [-0.1, -0.05) is 13.8 Å². The summed E-state index contributed by atoms with van der Waals surface area (Å²) in [5.74, 6) is -0.869. The number of carbonyl (C=O) groups is 1. The molecule has 0 saturated carbocycles. The third-order valence-electron chi connectivity index (χ3n) is 3.17. The SMILES string of the molecule is CC(C)C[C@@H](C(=O)O)[C@H](C)NOC1CCCCO1. The van der Waals surface area contributed by atoms with Crippen LogP contribution in [0.5, 0.6) is 0 Å². The monoisotopic (exact) mass is 259 g/mol. The van der Waals surface area contributed by atoms with E-state index in [1.807, 2.05) is 20.8 Å². The van der Waals surface area contributed by atoms with Crippen molar-refractivity contribution in [2.24, 2.45) is 11.8 Å². The predicted octanol–water partition coefficient (Wildman–Crippen LogP) is 2.17. The highest BCUT2D eigenvalue weighted by Gasteiger charge is 2.26. The lowest BCUT2D eigenvalue weighted by Gasteiger charge is -2.27. The molecular formula is C13H25NO4. The molecule has 0 aliphatic carbocycles. The minimum Gasteiger partial charge on any atom is -0.481 e. The fourth-order valence-corrected chi connectivity index (χ4v) is 2.10. The van der Waals surface area contributed by atoms with E-state index < -0.39 is 11.9 Å². The number of hydrogen-bond donors (Lipinski definition) is 2. The van der Waals surface area contributed by atoms with Crippen LogP contribution >= 0.6 is 0 Å². The van der Waals surface area contributed by atoms with Crippen LogP contribution in [0.3, 0.4) is 0 Å². The first kappa shape index (κ1) is 15.4. The topological polar surface area (TPSA) is 67.8 Å². The normalized spacial score (nSPS) is 23.9. The molecular weight excluding hydrogens is 234 g/mol. The summed E-state index contributed by atoms with van der Waals surface area (Å²) in [6, 6.07) is -0.226. The Morgan fingerprint density at radius 3 is 2.67 bits per heavy atom. The summed E-state index contributed by atoms with van der Waals surface area (Å²) in [4.78, 5) is 16.6. The second-order valence-electron chi connectivity index (χ2n) is 5.39. The van der Waals surface area contributed by atoms with Crippen LogP contribution in [-0.2, 0) is 14.4 Å². The van der Waals surface area contributed by atoms with Gasteiger partial charge in [-0.3, -0.25) is 9.63 Å². The van der Waals surface area contributed by atoms with Gasteiger partial charge in [0.2, 0.25) is 0 Å². The van der Waals surface area contributed by atoms with E-state index in [0.29, 0.717) is 12.3 Å². The van der Waals surface area contributed by atoms with Crippen LogP contribution in [0.1, 0.15) is 46.5 Å². The Morgan fingerprint density at radius 2 is 2.17 bits per heavy atom. The number of rotatable bonds is 7. The second-order valence-corrected chi connectivity index (χ2v) is 5.39. The molecule has 1 unspecified atom stereocenters. The highest BCUT2D eigenvalue weighted by Crippen LogP contribution is 2.17. The average Bonchev–Trinajstić information content (AvgIpc) is 2.34. The van der Waals surface area contributed by atoms with E-state index in [1.165, 1.54) is 0 Å². The molecule has 3 atom stereocenters. The zero-order valence-corrected chi connectivity index (χ0v) is 11.5. The van der Waals surface area contributed by atoms with Gasteiger partial charge in [-0.15, -0.1) is 0 Å². The molecule has 5 heteroatoms. The molecule has 5 nitrogen and oxygen atoms in total. The van der Waals surface area contributed by atoms with Gasteiger partial charge in [-0.2, -0.15) is 5.48 Å². The number of nitrogens with one attached hydrogen (secondary N) is 1. The fraction of sp³-hybridized carbons (Fsp3) is 0.923. The van der Waals surface area contributed by atoms with Crippen LogP contribution in [0, 0.1) is 11.8 Å². The number of hydroxylamine groups is 1. The Kier molecular flexibility index (Phi) is 6.60. The van der Waals surface area contributed by atoms with Gasteiger partial charge < -0.3 is 9.84 Å². The van der Waals surface area contributed by atoms with Crippen LogP contribution in [0.2, 0.25) is 0 Å². The van der Waals surface area contributed by atoms with E-state index >= 15 is 0 Å². The molecule has 106 valence electrons. The van der Waals surface area contributed by atoms with E-state index in [-0.39, 0.29) is 12.3 Å². The van der Waals surface area contributed by atoms with Crippen molar-refractivity contribution in [3.05, 3.63) is 0 Å². The summed E-state index contributed by atoms with van der Waals surface area (Å²) in [5.41, 5.74) is 2.83. The third-order valence-corrected chi connectivity index (χ3v) is 3.17. The standard InChI is InChI=1S/C13H25NO4/c1-9(2)8-11(13(15)16)10(3)14-18-12-6-4-5-7-17-12/h9-12,14H,4-8H2,1-3H3,(H,15,16)/t10-,11+,12?/m0/s1. The summed E-state index contributed by atoms with van der Waals surface area (Å²) < 4.78 is 5.42. The quantitative estimate of drug-likeness (QED) is 0.686. The van der Waals surface area contributed by atoms with Crippen molar-refractivity contribution in [2.75, 3.05) is 6.61 Å². The van der Waals surface area contributed by atoms with Crippen LogP contribution in [0.25, 0.3) is 0 Å². The summed E-state index contributed by atoms with van der Waals surface area (Å²) >= 11 is 0. The number of ether oxygens (including phenoxy) is 1. The van der Waals surface area contributed by atoms with Gasteiger partial charge in [0.1, 0.15) is 0 Å². The van der Waals surface area contributed by atoms with Gasteiger partial charge in [0, 0.05) is 19.1 Å². The molecule has 0 aromatic heterocycles. The average molecular weight is 259 g/mol. The van der Waals surface area contributed by atoms with Crippen molar-refractivity contribution in [3.63, 3.8) is 0 Å². The van der Waals surface area contributed by atoms with Crippen molar-refractivity contribution < 1.29 is 19.5 Å². The molecule has 1 aliphatic rings. The van der Waals surface area contributed by atoms with E-state index in [2.05, 4.69) is 5.48 Å². The Bertz CT molecular complexity index is 251. The lowest BCUT2D eigenvalue weighted by molar-refractivity contribution is -0.206. The van der Waals surface area contributed by atoms with Crippen molar-refractivity contribution in [2.45, 2.75) is 58.8 Å². The summed E-state index contributed by atoms with van der Waals surface area (Å²) in [5, 5.41) is 9.20. The van der Waals surface area contributed by atoms with Crippen LogP contribution in [-0.4, -0.2) is 30.0 Å². The van der Waals surface area contributed by atoms with E-state index in [1.54, 1.807) is 0 Å². The van der Waals surface area contributed by atoms with Crippen LogP contribution < -0.4 is 5.48 Å².